The number of carbonyl (C=O) groups excluding carboxylic acids is 2. The minimum atomic E-state index is 0.0919. The molecule has 2 fully saturated rings. The smallest absolute Gasteiger partial charge is 0.242 e. The van der Waals surface area contributed by atoms with Gasteiger partial charge in [-0.05, 0) is 45.6 Å². The van der Waals surface area contributed by atoms with E-state index in [0.29, 0.717) is 6.42 Å². The van der Waals surface area contributed by atoms with Crippen molar-refractivity contribution < 1.29 is 9.59 Å². The van der Waals surface area contributed by atoms with Crippen molar-refractivity contribution in [2.45, 2.75) is 65.0 Å². The highest BCUT2D eigenvalue weighted by Gasteiger charge is 2.31. The Kier molecular flexibility index (Phi) is 5.21. The zero-order valence-electron chi connectivity index (χ0n) is 14.8. The Morgan fingerprint density at radius 3 is 2.79 bits per heavy atom. The average molecular weight is 332 g/mol. The summed E-state index contributed by atoms with van der Waals surface area (Å²) in [6, 6.07) is 2.26. The van der Waals surface area contributed by atoms with Crippen LogP contribution in [0, 0.1) is 13.8 Å². The molecule has 1 atom stereocenters. The topological polar surface area (TPSA) is 58.4 Å². The maximum absolute atomic E-state index is 12.8. The van der Waals surface area contributed by atoms with Crippen molar-refractivity contribution in [2.24, 2.45) is 0 Å². The van der Waals surface area contributed by atoms with E-state index in [4.69, 9.17) is 0 Å². The molecule has 0 bridgehead atoms. The number of likely N-dealkylation sites (tertiary alicyclic amines) is 2. The van der Waals surface area contributed by atoms with Gasteiger partial charge in [-0.2, -0.15) is 5.10 Å². The van der Waals surface area contributed by atoms with Gasteiger partial charge in [-0.25, -0.2) is 0 Å². The molecular formula is C18H28N4O2. The van der Waals surface area contributed by atoms with Gasteiger partial charge in [0.2, 0.25) is 11.8 Å². The van der Waals surface area contributed by atoms with Crippen LogP contribution in [0.4, 0.5) is 0 Å². The summed E-state index contributed by atoms with van der Waals surface area (Å²) in [6.45, 7) is 6.56. The molecule has 1 aromatic heterocycles. The molecular weight excluding hydrogens is 304 g/mol. The van der Waals surface area contributed by atoms with Crippen LogP contribution in [-0.2, 0) is 16.1 Å². The Bertz CT molecular complexity index is 610. The van der Waals surface area contributed by atoms with Gasteiger partial charge in [0.25, 0.3) is 0 Å². The number of nitrogens with zero attached hydrogens (tertiary/aromatic N) is 4. The third-order valence-corrected chi connectivity index (χ3v) is 5.18. The summed E-state index contributed by atoms with van der Waals surface area (Å²) < 4.78 is 2.00. The molecule has 1 aromatic rings. The highest BCUT2D eigenvalue weighted by atomic mass is 16.2. The lowest BCUT2D eigenvalue weighted by molar-refractivity contribution is -0.140. The lowest BCUT2D eigenvalue weighted by Gasteiger charge is -2.28. The van der Waals surface area contributed by atoms with Gasteiger partial charge in [0.1, 0.15) is 0 Å². The van der Waals surface area contributed by atoms with Gasteiger partial charge in [0.05, 0.1) is 24.8 Å². The summed E-state index contributed by atoms with van der Waals surface area (Å²) in [5.74, 6) is 0.226. The van der Waals surface area contributed by atoms with E-state index in [0.717, 1.165) is 63.1 Å². The molecule has 6 heteroatoms. The molecule has 0 spiro atoms. The Hall–Kier alpha value is -1.85. The van der Waals surface area contributed by atoms with E-state index in [2.05, 4.69) is 18.1 Å². The monoisotopic (exact) mass is 332 g/mol. The number of hydrogen-bond acceptors (Lipinski definition) is 3. The van der Waals surface area contributed by atoms with Crippen LogP contribution in [0.15, 0.2) is 6.07 Å². The molecule has 2 aliphatic heterocycles. The SMILES string of the molecule is Cc1cc(C)n(C[C@H]2CCCN2C(=O)CN2CCCCCC2=O)n1. The molecule has 6 nitrogen and oxygen atoms in total. The molecule has 0 radical (unpaired) electrons. The Morgan fingerprint density at radius 2 is 2.04 bits per heavy atom. The van der Waals surface area contributed by atoms with Crippen molar-refractivity contribution in [3.63, 3.8) is 0 Å². The van der Waals surface area contributed by atoms with Crippen molar-refractivity contribution >= 4 is 11.8 Å². The van der Waals surface area contributed by atoms with Crippen molar-refractivity contribution in [2.75, 3.05) is 19.6 Å². The summed E-state index contributed by atoms with van der Waals surface area (Å²) in [5, 5.41) is 4.52. The third kappa shape index (κ3) is 3.79. The zero-order valence-corrected chi connectivity index (χ0v) is 14.8. The summed E-state index contributed by atoms with van der Waals surface area (Å²) >= 11 is 0. The van der Waals surface area contributed by atoms with Crippen LogP contribution in [0.3, 0.4) is 0 Å². The third-order valence-electron chi connectivity index (χ3n) is 5.18. The number of hydrogen-bond donors (Lipinski definition) is 0. The molecule has 0 saturated carbocycles. The second-order valence-electron chi connectivity index (χ2n) is 7.12. The molecule has 24 heavy (non-hydrogen) atoms. The van der Waals surface area contributed by atoms with Crippen LogP contribution in [0.2, 0.25) is 0 Å². The molecule has 0 aliphatic carbocycles. The molecule has 2 aliphatic rings. The predicted molar refractivity (Wildman–Crippen MR) is 91.5 cm³/mol. The highest BCUT2D eigenvalue weighted by Crippen LogP contribution is 2.21. The molecule has 0 unspecified atom stereocenters. The first-order chi connectivity index (χ1) is 11.5. The summed E-state index contributed by atoms with van der Waals surface area (Å²) in [5.41, 5.74) is 2.15. The van der Waals surface area contributed by atoms with Crippen LogP contribution in [0.5, 0.6) is 0 Å². The second kappa shape index (κ2) is 7.36. The highest BCUT2D eigenvalue weighted by molar-refractivity contribution is 5.85. The maximum Gasteiger partial charge on any atom is 0.242 e. The van der Waals surface area contributed by atoms with Gasteiger partial charge in [-0.3, -0.25) is 14.3 Å². The van der Waals surface area contributed by atoms with E-state index < -0.39 is 0 Å². The first kappa shape index (κ1) is 17.0. The quantitative estimate of drug-likeness (QED) is 0.846. The van der Waals surface area contributed by atoms with Crippen molar-refractivity contribution in [3.8, 4) is 0 Å². The fourth-order valence-electron chi connectivity index (χ4n) is 3.87. The Morgan fingerprint density at radius 1 is 1.21 bits per heavy atom. The van der Waals surface area contributed by atoms with Crippen molar-refractivity contribution in [1.29, 1.82) is 0 Å². The lowest BCUT2D eigenvalue weighted by atomic mass is 10.2. The number of aryl methyl sites for hydroxylation is 2. The maximum atomic E-state index is 12.8. The second-order valence-corrected chi connectivity index (χ2v) is 7.12. The van der Waals surface area contributed by atoms with E-state index in [1.807, 2.05) is 16.5 Å². The van der Waals surface area contributed by atoms with Crippen LogP contribution in [0.25, 0.3) is 0 Å². The molecule has 3 heterocycles. The summed E-state index contributed by atoms with van der Waals surface area (Å²) in [7, 11) is 0. The molecule has 2 amide bonds. The van der Waals surface area contributed by atoms with Gasteiger partial charge in [0.15, 0.2) is 0 Å². The van der Waals surface area contributed by atoms with Gasteiger partial charge in [0, 0.05) is 25.2 Å². The molecule has 132 valence electrons. The predicted octanol–water partition coefficient (Wildman–Crippen LogP) is 1.89. The largest absolute Gasteiger partial charge is 0.336 e. The van der Waals surface area contributed by atoms with E-state index in [1.165, 1.54) is 0 Å². The molecule has 3 rings (SSSR count). The summed E-state index contributed by atoms with van der Waals surface area (Å²) in [6.07, 6.45) is 5.67. The van der Waals surface area contributed by atoms with Crippen LogP contribution >= 0.6 is 0 Å². The number of aromatic nitrogens is 2. The first-order valence-electron chi connectivity index (χ1n) is 9.13. The van der Waals surface area contributed by atoms with Crippen LogP contribution < -0.4 is 0 Å². The molecule has 2 saturated heterocycles. The Balaban J connectivity index is 1.62. The van der Waals surface area contributed by atoms with Gasteiger partial charge in [-0.15, -0.1) is 0 Å². The minimum Gasteiger partial charge on any atom is -0.336 e. The van der Waals surface area contributed by atoms with Crippen molar-refractivity contribution in [1.82, 2.24) is 19.6 Å². The molecule has 0 N–H and O–H groups in total. The average Bonchev–Trinajstić information content (AvgIpc) is 3.06. The van der Waals surface area contributed by atoms with Gasteiger partial charge < -0.3 is 9.80 Å². The fraction of sp³-hybridized carbons (Fsp3) is 0.722. The number of rotatable bonds is 4. The normalized spacial score (nSPS) is 22.1. The van der Waals surface area contributed by atoms with E-state index in [-0.39, 0.29) is 24.4 Å². The molecule has 0 aromatic carbocycles. The van der Waals surface area contributed by atoms with E-state index >= 15 is 0 Å². The zero-order chi connectivity index (χ0) is 17.1. The standard InChI is InChI=1S/C18H28N4O2/c1-14-11-15(2)22(19-14)12-16-7-6-10-21(16)18(24)13-20-9-5-3-4-8-17(20)23/h11,16H,3-10,12-13H2,1-2H3/t16-/m1/s1. The van der Waals surface area contributed by atoms with Gasteiger partial charge in [-0.1, -0.05) is 6.42 Å². The number of carbonyl (C=O) groups is 2. The summed E-state index contributed by atoms with van der Waals surface area (Å²) in [4.78, 5) is 28.6. The Labute approximate surface area is 143 Å². The lowest BCUT2D eigenvalue weighted by Crippen LogP contribution is -2.45. The fourth-order valence-corrected chi connectivity index (χ4v) is 3.87. The van der Waals surface area contributed by atoms with E-state index in [9.17, 15) is 9.59 Å². The van der Waals surface area contributed by atoms with Crippen LogP contribution in [-0.4, -0.2) is 57.1 Å². The minimum absolute atomic E-state index is 0.0919. The van der Waals surface area contributed by atoms with Gasteiger partial charge >= 0.3 is 0 Å². The first-order valence-corrected chi connectivity index (χ1v) is 9.13. The number of amides is 2. The van der Waals surface area contributed by atoms with E-state index in [1.54, 1.807) is 4.90 Å². The van der Waals surface area contributed by atoms with Crippen molar-refractivity contribution in [3.05, 3.63) is 17.5 Å². The van der Waals surface area contributed by atoms with Crippen LogP contribution in [0.1, 0.15) is 49.9 Å².